The van der Waals surface area contributed by atoms with Crippen LogP contribution in [0.3, 0.4) is 0 Å². The third-order valence-electron chi connectivity index (χ3n) is 2.93. The standard InChI is InChI=1S/C15H17NOS/c1-17-15-9-12(3-4-13(15)10-16)11-5-7-14(18-2)8-6-11/h3-9H,10,16H2,1-2H3. The summed E-state index contributed by atoms with van der Waals surface area (Å²) >= 11 is 1.75. The van der Waals surface area contributed by atoms with Crippen LogP contribution >= 0.6 is 11.8 Å². The van der Waals surface area contributed by atoms with E-state index >= 15 is 0 Å². The van der Waals surface area contributed by atoms with E-state index in [1.807, 2.05) is 12.1 Å². The Labute approximate surface area is 112 Å². The van der Waals surface area contributed by atoms with Gasteiger partial charge in [-0.05, 0) is 35.6 Å². The van der Waals surface area contributed by atoms with Crippen molar-refractivity contribution in [1.29, 1.82) is 0 Å². The molecule has 0 aliphatic rings. The normalized spacial score (nSPS) is 10.4. The summed E-state index contributed by atoms with van der Waals surface area (Å²) in [7, 11) is 1.68. The molecule has 0 aliphatic heterocycles. The van der Waals surface area contributed by atoms with E-state index in [0.29, 0.717) is 6.54 Å². The van der Waals surface area contributed by atoms with Crippen LogP contribution in [-0.2, 0) is 6.54 Å². The van der Waals surface area contributed by atoms with Crippen LogP contribution in [0.1, 0.15) is 5.56 Å². The molecule has 0 aliphatic carbocycles. The molecule has 2 aromatic carbocycles. The Hall–Kier alpha value is -1.45. The molecular formula is C15H17NOS. The van der Waals surface area contributed by atoms with Crippen LogP contribution < -0.4 is 10.5 Å². The van der Waals surface area contributed by atoms with Gasteiger partial charge in [0.15, 0.2) is 0 Å². The summed E-state index contributed by atoms with van der Waals surface area (Å²) in [6, 6.07) is 14.7. The molecule has 0 aromatic heterocycles. The first-order valence-corrected chi connectivity index (χ1v) is 7.02. The molecule has 0 bridgehead atoms. The minimum atomic E-state index is 0.495. The van der Waals surface area contributed by atoms with Gasteiger partial charge in [0.25, 0.3) is 0 Å². The van der Waals surface area contributed by atoms with Crippen LogP contribution in [0.15, 0.2) is 47.4 Å². The molecule has 3 heteroatoms. The first-order chi connectivity index (χ1) is 8.78. The summed E-state index contributed by atoms with van der Waals surface area (Å²) < 4.78 is 5.36. The summed E-state index contributed by atoms with van der Waals surface area (Å²) in [4.78, 5) is 1.27. The summed E-state index contributed by atoms with van der Waals surface area (Å²) in [5.74, 6) is 0.851. The van der Waals surface area contributed by atoms with Gasteiger partial charge in [-0.15, -0.1) is 11.8 Å². The van der Waals surface area contributed by atoms with E-state index in [9.17, 15) is 0 Å². The number of thioether (sulfide) groups is 1. The largest absolute Gasteiger partial charge is 0.496 e. The van der Waals surface area contributed by atoms with Crippen molar-refractivity contribution >= 4 is 11.8 Å². The second kappa shape index (κ2) is 5.94. The minimum Gasteiger partial charge on any atom is -0.496 e. The van der Waals surface area contributed by atoms with Crippen LogP contribution in [0.25, 0.3) is 11.1 Å². The van der Waals surface area contributed by atoms with E-state index in [1.165, 1.54) is 10.5 Å². The average Bonchev–Trinajstić information content (AvgIpc) is 2.46. The van der Waals surface area contributed by atoms with E-state index in [0.717, 1.165) is 16.9 Å². The lowest BCUT2D eigenvalue weighted by Crippen LogP contribution is -1.99. The molecule has 0 atom stereocenters. The number of methoxy groups -OCH3 is 1. The van der Waals surface area contributed by atoms with Crippen LogP contribution in [-0.4, -0.2) is 13.4 Å². The highest BCUT2D eigenvalue weighted by atomic mass is 32.2. The summed E-state index contributed by atoms with van der Waals surface area (Å²) in [5, 5.41) is 0. The summed E-state index contributed by atoms with van der Waals surface area (Å²) in [6.07, 6.45) is 2.08. The predicted octanol–water partition coefficient (Wildman–Crippen LogP) is 3.54. The fraction of sp³-hybridized carbons (Fsp3) is 0.200. The number of hydrogen-bond acceptors (Lipinski definition) is 3. The molecule has 2 aromatic rings. The van der Waals surface area contributed by atoms with Crippen LogP contribution in [0.5, 0.6) is 5.75 Å². The lowest BCUT2D eigenvalue weighted by atomic mass is 10.0. The molecule has 94 valence electrons. The van der Waals surface area contributed by atoms with Crippen LogP contribution in [0.4, 0.5) is 0 Å². The van der Waals surface area contributed by atoms with Crippen molar-refractivity contribution in [2.45, 2.75) is 11.4 Å². The molecule has 18 heavy (non-hydrogen) atoms. The second-order valence-corrected chi connectivity index (χ2v) is 4.84. The molecule has 2 N–H and O–H groups in total. The van der Waals surface area contributed by atoms with Crippen LogP contribution in [0.2, 0.25) is 0 Å². The SMILES string of the molecule is COc1cc(-c2ccc(SC)cc2)ccc1CN. The predicted molar refractivity (Wildman–Crippen MR) is 78.1 cm³/mol. The molecule has 0 spiro atoms. The third-order valence-corrected chi connectivity index (χ3v) is 3.67. The Morgan fingerprint density at radius 2 is 1.72 bits per heavy atom. The first-order valence-electron chi connectivity index (χ1n) is 5.80. The Morgan fingerprint density at radius 1 is 1.06 bits per heavy atom. The van der Waals surface area contributed by atoms with Gasteiger partial charge in [-0.1, -0.05) is 24.3 Å². The minimum absolute atomic E-state index is 0.495. The average molecular weight is 259 g/mol. The summed E-state index contributed by atoms with van der Waals surface area (Å²) in [6.45, 7) is 0.495. The highest BCUT2D eigenvalue weighted by Gasteiger charge is 2.04. The quantitative estimate of drug-likeness (QED) is 0.853. The number of ether oxygens (including phenoxy) is 1. The van der Waals surface area contributed by atoms with Crippen molar-refractivity contribution in [3.05, 3.63) is 48.0 Å². The van der Waals surface area contributed by atoms with Gasteiger partial charge in [0.05, 0.1) is 7.11 Å². The Morgan fingerprint density at radius 3 is 2.28 bits per heavy atom. The highest BCUT2D eigenvalue weighted by molar-refractivity contribution is 7.98. The molecule has 0 fully saturated rings. The van der Waals surface area contributed by atoms with E-state index in [4.69, 9.17) is 10.5 Å². The smallest absolute Gasteiger partial charge is 0.123 e. The second-order valence-electron chi connectivity index (χ2n) is 3.96. The molecule has 0 unspecified atom stereocenters. The Kier molecular flexibility index (Phi) is 4.28. The fourth-order valence-corrected chi connectivity index (χ4v) is 2.28. The zero-order chi connectivity index (χ0) is 13.0. The van der Waals surface area contributed by atoms with E-state index in [-0.39, 0.29) is 0 Å². The number of hydrogen-bond donors (Lipinski definition) is 1. The van der Waals surface area contributed by atoms with Gasteiger partial charge in [0.2, 0.25) is 0 Å². The maximum atomic E-state index is 5.67. The third kappa shape index (κ3) is 2.68. The monoisotopic (exact) mass is 259 g/mol. The molecule has 2 nitrogen and oxygen atoms in total. The van der Waals surface area contributed by atoms with Gasteiger partial charge in [-0.25, -0.2) is 0 Å². The van der Waals surface area contributed by atoms with Gasteiger partial charge in [0.1, 0.15) is 5.75 Å². The number of benzene rings is 2. The van der Waals surface area contributed by atoms with E-state index < -0.39 is 0 Å². The van der Waals surface area contributed by atoms with Gasteiger partial charge in [-0.3, -0.25) is 0 Å². The zero-order valence-corrected chi connectivity index (χ0v) is 11.5. The molecule has 0 heterocycles. The van der Waals surface area contributed by atoms with Crippen molar-refractivity contribution < 1.29 is 4.74 Å². The van der Waals surface area contributed by atoms with Crippen molar-refractivity contribution in [2.75, 3.05) is 13.4 Å². The molecular weight excluding hydrogens is 242 g/mol. The Bertz CT molecular complexity index is 523. The Balaban J connectivity index is 2.37. The molecule has 0 saturated heterocycles. The molecule has 0 amide bonds. The maximum absolute atomic E-state index is 5.67. The van der Waals surface area contributed by atoms with Crippen molar-refractivity contribution in [3.63, 3.8) is 0 Å². The zero-order valence-electron chi connectivity index (χ0n) is 10.6. The summed E-state index contributed by atoms with van der Waals surface area (Å²) in [5.41, 5.74) is 9.04. The maximum Gasteiger partial charge on any atom is 0.123 e. The first kappa shape index (κ1) is 13.0. The van der Waals surface area contributed by atoms with Crippen molar-refractivity contribution in [2.24, 2.45) is 5.73 Å². The number of rotatable bonds is 4. The van der Waals surface area contributed by atoms with Crippen LogP contribution in [0, 0.1) is 0 Å². The van der Waals surface area contributed by atoms with E-state index in [1.54, 1.807) is 18.9 Å². The molecule has 2 rings (SSSR count). The topological polar surface area (TPSA) is 35.2 Å². The molecule has 0 radical (unpaired) electrons. The number of nitrogens with two attached hydrogens (primary N) is 1. The van der Waals surface area contributed by atoms with Gasteiger partial charge in [-0.2, -0.15) is 0 Å². The van der Waals surface area contributed by atoms with Crippen molar-refractivity contribution in [1.82, 2.24) is 0 Å². The van der Waals surface area contributed by atoms with Gasteiger partial charge >= 0.3 is 0 Å². The molecule has 0 saturated carbocycles. The highest BCUT2D eigenvalue weighted by Crippen LogP contribution is 2.28. The lowest BCUT2D eigenvalue weighted by Gasteiger charge is -2.09. The van der Waals surface area contributed by atoms with Gasteiger partial charge < -0.3 is 10.5 Å². The fourth-order valence-electron chi connectivity index (χ4n) is 1.88. The lowest BCUT2D eigenvalue weighted by molar-refractivity contribution is 0.410. The van der Waals surface area contributed by atoms with Crippen molar-refractivity contribution in [3.8, 4) is 16.9 Å². The van der Waals surface area contributed by atoms with E-state index in [2.05, 4.69) is 36.6 Å². The van der Waals surface area contributed by atoms with Gasteiger partial charge in [0, 0.05) is 17.0 Å².